The van der Waals surface area contributed by atoms with Crippen molar-refractivity contribution in [2.45, 2.75) is 13.5 Å². The van der Waals surface area contributed by atoms with Crippen molar-refractivity contribution in [1.82, 2.24) is 24.3 Å². The monoisotopic (exact) mass is 480 g/mol. The Morgan fingerprint density at radius 2 is 1.83 bits per heavy atom. The summed E-state index contributed by atoms with van der Waals surface area (Å²) in [5, 5.41) is 10.1. The summed E-state index contributed by atoms with van der Waals surface area (Å²) in [4.78, 5) is 9.02. The van der Waals surface area contributed by atoms with Crippen LogP contribution in [0.2, 0.25) is 0 Å². The predicted molar refractivity (Wildman–Crippen MR) is 140 cm³/mol. The van der Waals surface area contributed by atoms with E-state index in [2.05, 4.69) is 61.5 Å². The standard InChI is InChI=1S/C28H28N6O2/c1-18-29-13-26(33(18)2)21-6-7-25(27(9-21)35-3)32-28-10-23-8-20(4-5-22(23)11-30-28)24-12-31-34(15-24)14-19-16-36-17-19/h4-13,15,19H,14,16-17H2,1-3H3,(H,30,32). The lowest BCUT2D eigenvalue weighted by Gasteiger charge is -2.25. The molecule has 8 nitrogen and oxygen atoms in total. The Morgan fingerprint density at radius 3 is 2.58 bits per heavy atom. The van der Waals surface area contributed by atoms with Gasteiger partial charge in [0.1, 0.15) is 17.4 Å². The number of fused-ring (bicyclic) bond motifs is 1. The van der Waals surface area contributed by atoms with E-state index in [1.165, 1.54) is 0 Å². The molecule has 6 rings (SSSR count). The van der Waals surface area contributed by atoms with Gasteiger partial charge >= 0.3 is 0 Å². The number of aromatic nitrogens is 5. The minimum Gasteiger partial charge on any atom is -0.495 e. The molecule has 1 aliphatic heterocycles. The van der Waals surface area contributed by atoms with Crippen LogP contribution >= 0.6 is 0 Å². The minimum absolute atomic E-state index is 0.563. The van der Waals surface area contributed by atoms with Gasteiger partial charge in [-0.1, -0.05) is 18.2 Å². The highest BCUT2D eigenvalue weighted by Crippen LogP contribution is 2.33. The quantitative estimate of drug-likeness (QED) is 0.345. The molecule has 1 saturated heterocycles. The average molecular weight is 481 g/mol. The molecule has 182 valence electrons. The molecule has 1 fully saturated rings. The highest BCUT2D eigenvalue weighted by atomic mass is 16.5. The zero-order chi connectivity index (χ0) is 24.6. The van der Waals surface area contributed by atoms with Gasteiger partial charge < -0.3 is 19.4 Å². The maximum absolute atomic E-state index is 5.70. The van der Waals surface area contributed by atoms with Gasteiger partial charge in [-0.2, -0.15) is 5.10 Å². The van der Waals surface area contributed by atoms with Crippen LogP contribution in [0.3, 0.4) is 0 Å². The van der Waals surface area contributed by atoms with Gasteiger partial charge in [-0.05, 0) is 42.1 Å². The third-order valence-electron chi connectivity index (χ3n) is 6.82. The van der Waals surface area contributed by atoms with Crippen LogP contribution in [0.15, 0.2) is 67.3 Å². The molecule has 8 heteroatoms. The van der Waals surface area contributed by atoms with Crippen LogP contribution in [-0.4, -0.2) is 44.6 Å². The number of imidazole rings is 1. The number of benzene rings is 2. The predicted octanol–water partition coefficient (Wildman–Crippen LogP) is 5.21. The normalized spacial score (nSPS) is 13.6. The van der Waals surface area contributed by atoms with Gasteiger partial charge in [0.2, 0.25) is 0 Å². The zero-order valence-corrected chi connectivity index (χ0v) is 20.6. The number of anilines is 2. The molecule has 36 heavy (non-hydrogen) atoms. The number of hydrogen-bond acceptors (Lipinski definition) is 6. The van der Waals surface area contributed by atoms with Gasteiger partial charge in [0, 0.05) is 48.4 Å². The Labute approximate surface area is 209 Å². The molecule has 0 saturated carbocycles. The van der Waals surface area contributed by atoms with Crippen molar-refractivity contribution in [3.63, 3.8) is 0 Å². The van der Waals surface area contributed by atoms with E-state index in [-0.39, 0.29) is 0 Å². The van der Waals surface area contributed by atoms with Crippen molar-refractivity contribution in [1.29, 1.82) is 0 Å². The first kappa shape index (κ1) is 22.3. The topological polar surface area (TPSA) is 79.0 Å². The lowest BCUT2D eigenvalue weighted by atomic mass is 10.0. The van der Waals surface area contributed by atoms with Crippen LogP contribution < -0.4 is 10.1 Å². The number of pyridine rings is 1. The van der Waals surface area contributed by atoms with Crippen LogP contribution in [0.1, 0.15) is 5.82 Å². The summed E-state index contributed by atoms with van der Waals surface area (Å²) in [5.41, 5.74) is 5.17. The van der Waals surface area contributed by atoms with E-state index in [4.69, 9.17) is 9.47 Å². The van der Waals surface area contributed by atoms with Crippen LogP contribution in [0, 0.1) is 12.8 Å². The summed E-state index contributed by atoms with van der Waals surface area (Å²) in [6, 6.07) is 14.6. The van der Waals surface area contributed by atoms with E-state index in [1.54, 1.807) is 7.11 Å². The van der Waals surface area contributed by atoms with Crippen molar-refractivity contribution >= 4 is 22.3 Å². The van der Waals surface area contributed by atoms with Gasteiger partial charge in [-0.15, -0.1) is 0 Å². The van der Waals surface area contributed by atoms with Gasteiger partial charge in [0.05, 0.1) is 44.1 Å². The molecule has 0 radical (unpaired) electrons. The number of rotatable bonds is 7. The lowest BCUT2D eigenvalue weighted by molar-refractivity contribution is -0.0408. The SMILES string of the molecule is COc1cc(-c2cnc(C)n2C)ccc1Nc1cc2cc(-c3cnn(CC4COC4)c3)ccc2cn1. The van der Waals surface area contributed by atoms with Crippen LogP contribution in [0.25, 0.3) is 33.2 Å². The Morgan fingerprint density at radius 1 is 0.972 bits per heavy atom. The molecule has 4 heterocycles. The Kier molecular flexibility index (Phi) is 5.65. The molecule has 0 unspecified atom stereocenters. The van der Waals surface area contributed by atoms with E-state index >= 15 is 0 Å². The molecule has 0 aliphatic carbocycles. The number of aryl methyl sites for hydroxylation is 1. The Balaban J connectivity index is 1.26. The summed E-state index contributed by atoms with van der Waals surface area (Å²) in [7, 11) is 3.69. The molecule has 0 bridgehead atoms. The van der Waals surface area contributed by atoms with Crippen LogP contribution in [-0.2, 0) is 18.3 Å². The van der Waals surface area contributed by atoms with Gasteiger partial charge in [-0.3, -0.25) is 4.68 Å². The van der Waals surface area contributed by atoms with E-state index in [0.29, 0.717) is 5.92 Å². The fraction of sp³-hybridized carbons (Fsp3) is 0.250. The third-order valence-corrected chi connectivity index (χ3v) is 6.82. The molecular weight excluding hydrogens is 452 g/mol. The molecule has 0 spiro atoms. The highest BCUT2D eigenvalue weighted by molar-refractivity contribution is 5.89. The van der Waals surface area contributed by atoms with Crippen molar-refractivity contribution in [2.75, 3.05) is 25.6 Å². The number of nitrogens with zero attached hydrogens (tertiary/aromatic N) is 5. The first-order valence-electron chi connectivity index (χ1n) is 12.0. The summed E-state index contributed by atoms with van der Waals surface area (Å²) in [5.74, 6) is 3.02. The molecule has 3 aromatic heterocycles. The van der Waals surface area contributed by atoms with Crippen molar-refractivity contribution in [3.8, 4) is 28.1 Å². The van der Waals surface area contributed by atoms with Gasteiger partial charge in [0.15, 0.2) is 0 Å². The van der Waals surface area contributed by atoms with E-state index in [1.807, 2.05) is 49.4 Å². The van der Waals surface area contributed by atoms with Crippen LogP contribution in [0.4, 0.5) is 11.5 Å². The molecule has 1 aliphatic rings. The maximum atomic E-state index is 5.70. The molecule has 2 aromatic carbocycles. The van der Waals surface area contributed by atoms with E-state index in [9.17, 15) is 0 Å². The summed E-state index contributed by atoms with van der Waals surface area (Å²) in [6.45, 7) is 4.53. The molecule has 0 atom stereocenters. The fourth-order valence-electron chi connectivity index (χ4n) is 4.52. The number of ether oxygens (including phenoxy) is 2. The highest BCUT2D eigenvalue weighted by Gasteiger charge is 2.19. The second-order valence-corrected chi connectivity index (χ2v) is 9.28. The molecular formula is C28H28N6O2. The minimum atomic E-state index is 0.563. The third kappa shape index (κ3) is 4.20. The second kappa shape index (κ2) is 9.13. The van der Waals surface area contributed by atoms with Crippen molar-refractivity contribution in [3.05, 3.63) is 73.1 Å². The van der Waals surface area contributed by atoms with Gasteiger partial charge in [0.25, 0.3) is 0 Å². The molecule has 5 aromatic rings. The first-order chi connectivity index (χ1) is 17.6. The smallest absolute Gasteiger partial charge is 0.143 e. The largest absolute Gasteiger partial charge is 0.495 e. The van der Waals surface area contributed by atoms with Crippen LogP contribution in [0.5, 0.6) is 5.75 Å². The van der Waals surface area contributed by atoms with E-state index in [0.717, 1.165) is 76.0 Å². The van der Waals surface area contributed by atoms with Crippen molar-refractivity contribution in [2.24, 2.45) is 13.0 Å². The maximum Gasteiger partial charge on any atom is 0.143 e. The van der Waals surface area contributed by atoms with Gasteiger partial charge in [-0.25, -0.2) is 9.97 Å². The summed E-state index contributed by atoms with van der Waals surface area (Å²) < 4.78 is 15.1. The Hall–Kier alpha value is -4.17. The first-order valence-corrected chi connectivity index (χ1v) is 12.0. The zero-order valence-electron chi connectivity index (χ0n) is 20.6. The molecule has 0 amide bonds. The number of hydrogen-bond donors (Lipinski definition) is 1. The number of nitrogens with one attached hydrogen (secondary N) is 1. The van der Waals surface area contributed by atoms with E-state index < -0.39 is 0 Å². The molecule has 1 N–H and O–H groups in total. The average Bonchev–Trinajstić information content (AvgIpc) is 3.48. The van der Waals surface area contributed by atoms with Crippen molar-refractivity contribution < 1.29 is 9.47 Å². The second-order valence-electron chi connectivity index (χ2n) is 9.28. The lowest BCUT2D eigenvalue weighted by Crippen LogP contribution is -2.31. The summed E-state index contributed by atoms with van der Waals surface area (Å²) >= 11 is 0. The number of methoxy groups -OCH3 is 1. The fourth-order valence-corrected chi connectivity index (χ4v) is 4.52. The Bertz CT molecular complexity index is 1550. The summed E-state index contributed by atoms with van der Waals surface area (Å²) in [6.07, 6.45) is 7.80.